The van der Waals surface area contributed by atoms with Crippen LogP contribution < -0.4 is 15.7 Å². The van der Waals surface area contributed by atoms with E-state index in [1.807, 2.05) is 7.05 Å². The highest BCUT2D eigenvalue weighted by Gasteiger charge is 2.23. The van der Waals surface area contributed by atoms with Crippen molar-refractivity contribution in [2.45, 2.75) is 38.1 Å². The Labute approximate surface area is 174 Å². The van der Waals surface area contributed by atoms with Crippen LogP contribution in [0.3, 0.4) is 0 Å². The van der Waals surface area contributed by atoms with Crippen molar-refractivity contribution in [3.05, 3.63) is 38.7 Å². The summed E-state index contributed by atoms with van der Waals surface area (Å²) in [5.74, 6) is 0.269. The number of piperidine rings is 1. The average Bonchev–Trinajstić information content (AvgIpc) is 3.18. The second-order valence-electron chi connectivity index (χ2n) is 7.25. The molecular formula is C20H24Cl2N2O4. The Hall–Kier alpha value is -1.76. The fourth-order valence-electron chi connectivity index (χ4n) is 4.03. The Bertz CT molecular complexity index is 938. The quantitative estimate of drug-likeness (QED) is 0.760. The molecule has 1 amide bonds. The summed E-state index contributed by atoms with van der Waals surface area (Å²) in [5.41, 5.74) is 1.95. The molecule has 2 aliphatic rings. The number of rotatable bonds is 4. The van der Waals surface area contributed by atoms with Gasteiger partial charge >= 0.3 is 5.63 Å². The van der Waals surface area contributed by atoms with Crippen LogP contribution in [0.15, 0.2) is 21.3 Å². The van der Waals surface area contributed by atoms with Crippen LogP contribution >= 0.6 is 24.0 Å². The van der Waals surface area contributed by atoms with Crippen LogP contribution in [0.25, 0.3) is 11.0 Å². The zero-order valence-corrected chi connectivity index (χ0v) is 17.3. The number of amides is 1. The molecule has 0 unspecified atom stereocenters. The molecule has 152 valence electrons. The van der Waals surface area contributed by atoms with Crippen molar-refractivity contribution >= 4 is 40.9 Å². The molecule has 1 fully saturated rings. The summed E-state index contributed by atoms with van der Waals surface area (Å²) < 4.78 is 11.1. The number of hydrogen-bond donors (Lipinski definition) is 1. The van der Waals surface area contributed by atoms with Crippen molar-refractivity contribution in [1.82, 2.24) is 10.2 Å². The number of fused-ring (bicyclic) bond motifs is 3. The molecule has 0 spiro atoms. The Kier molecular flexibility index (Phi) is 6.53. The van der Waals surface area contributed by atoms with Gasteiger partial charge in [-0.1, -0.05) is 11.6 Å². The standard InChI is InChI=1S/C20H23ClN2O4.ClH/c1-23(12-5-7-22-8-6-12)19(24)11-26-18-10-17-15(9-16(18)21)13-3-2-4-14(13)20(25)27-17;/h9-10,12,22H,2-8,11H2,1H3;1H. The highest BCUT2D eigenvalue weighted by atomic mass is 35.5. The first kappa shape index (κ1) is 21.0. The molecule has 0 saturated carbocycles. The molecule has 0 bridgehead atoms. The van der Waals surface area contributed by atoms with Crippen LogP contribution in [0, 0.1) is 0 Å². The van der Waals surface area contributed by atoms with Gasteiger partial charge in [0.25, 0.3) is 5.91 Å². The van der Waals surface area contributed by atoms with Gasteiger partial charge in [0.2, 0.25) is 0 Å². The predicted octanol–water partition coefficient (Wildman–Crippen LogP) is 2.95. The van der Waals surface area contributed by atoms with Gasteiger partial charge in [0.1, 0.15) is 11.3 Å². The fourth-order valence-corrected chi connectivity index (χ4v) is 4.25. The van der Waals surface area contributed by atoms with Gasteiger partial charge in [-0.3, -0.25) is 4.79 Å². The zero-order chi connectivity index (χ0) is 19.0. The van der Waals surface area contributed by atoms with Crippen molar-refractivity contribution < 1.29 is 13.9 Å². The Morgan fingerprint density at radius 2 is 2.00 bits per heavy atom. The minimum atomic E-state index is -0.287. The third-order valence-electron chi connectivity index (χ3n) is 5.63. The first-order chi connectivity index (χ1) is 13.0. The van der Waals surface area contributed by atoms with Crippen LogP contribution in [-0.2, 0) is 17.6 Å². The van der Waals surface area contributed by atoms with E-state index in [9.17, 15) is 9.59 Å². The van der Waals surface area contributed by atoms with E-state index >= 15 is 0 Å². The summed E-state index contributed by atoms with van der Waals surface area (Å²) >= 11 is 6.38. The lowest BCUT2D eigenvalue weighted by atomic mass is 10.1. The SMILES string of the molecule is CN(C(=O)COc1cc2oc(=O)c3c(c2cc1Cl)CCC3)C1CCNCC1.Cl. The predicted molar refractivity (Wildman–Crippen MR) is 111 cm³/mol. The Morgan fingerprint density at radius 3 is 2.75 bits per heavy atom. The molecule has 28 heavy (non-hydrogen) atoms. The van der Waals surface area contributed by atoms with E-state index in [4.69, 9.17) is 20.8 Å². The van der Waals surface area contributed by atoms with Gasteiger partial charge in [-0.2, -0.15) is 0 Å². The molecular weight excluding hydrogens is 403 g/mol. The number of benzene rings is 1. The number of halogens is 2. The summed E-state index contributed by atoms with van der Waals surface area (Å²) in [6.45, 7) is 1.74. The van der Waals surface area contributed by atoms with Gasteiger partial charge in [0.15, 0.2) is 6.61 Å². The number of nitrogens with zero attached hydrogens (tertiary/aromatic N) is 1. The lowest BCUT2D eigenvalue weighted by Crippen LogP contribution is -2.45. The van der Waals surface area contributed by atoms with Crippen molar-refractivity contribution in [1.29, 1.82) is 0 Å². The third-order valence-corrected chi connectivity index (χ3v) is 5.92. The molecule has 8 heteroatoms. The number of hydrogen-bond acceptors (Lipinski definition) is 5. The van der Waals surface area contributed by atoms with Crippen LogP contribution in [0.4, 0.5) is 0 Å². The van der Waals surface area contributed by atoms with Crippen LogP contribution in [0.1, 0.15) is 30.4 Å². The number of likely N-dealkylation sites (N-methyl/N-ethyl adjacent to an activating group) is 1. The minimum absolute atomic E-state index is 0. The second kappa shape index (κ2) is 8.72. The highest BCUT2D eigenvalue weighted by molar-refractivity contribution is 6.32. The normalized spacial score (nSPS) is 16.5. The van der Waals surface area contributed by atoms with Gasteiger partial charge in [0.05, 0.1) is 5.02 Å². The molecule has 6 nitrogen and oxygen atoms in total. The molecule has 1 aromatic heterocycles. The van der Waals surface area contributed by atoms with Gasteiger partial charge < -0.3 is 19.4 Å². The number of carbonyl (C=O) groups excluding carboxylic acids is 1. The molecule has 1 aliphatic heterocycles. The monoisotopic (exact) mass is 426 g/mol. The fraction of sp³-hybridized carbons (Fsp3) is 0.500. The number of ether oxygens (including phenoxy) is 1. The van der Waals surface area contributed by atoms with E-state index in [1.165, 1.54) is 0 Å². The smallest absolute Gasteiger partial charge is 0.339 e. The first-order valence-electron chi connectivity index (χ1n) is 9.42. The molecule has 1 N–H and O–H groups in total. The maximum Gasteiger partial charge on any atom is 0.339 e. The van der Waals surface area contributed by atoms with Gasteiger partial charge in [-0.05, 0) is 56.8 Å². The van der Waals surface area contributed by atoms with Crippen molar-refractivity contribution in [2.24, 2.45) is 0 Å². The maximum absolute atomic E-state index is 12.5. The van der Waals surface area contributed by atoms with Gasteiger partial charge in [0, 0.05) is 30.1 Å². The molecule has 2 aromatic rings. The Balaban J connectivity index is 0.00000225. The maximum atomic E-state index is 12.5. The summed E-state index contributed by atoms with van der Waals surface area (Å²) in [4.78, 5) is 26.4. The third kappa shape index (κ3) is 4.00. The van der Waals surface area contributed by atoms with Crippen molar-refractivity contribution in [3.63, 3.8) is 0 Å². The van der Waals surface area contributed by atoms with Crippen molar-refractivity contribution in [2.75, 3.05) is 26.7 Å². The van der Waals surface area contributed by atoms with E-state index in [1.54, 1.807) is 17.0 Å². The summed E-state index contributed by atoms with van der Waals surface area (Å²) in [6, 6.07) is 3.63. The molecule has 2 heterocycles. The highest BCUT2D eigenvalue weighted by Crippen LogP contribution is 2.34. The Morgan fingerprint density at radius 1 is 1.29 bits per heavy atom. The van der Waals surface area contributed by atoms with E-state index < -0.39 is 0 Å². The molecule has 1 saturated heterocycles. The number of carbonyl (C=O) groups is 1. The van der Waals surface area contributed by atoms with E-state index in [2.05, 4.69) is 5.32 Å². The molecule has 1 aromatic carbocycles. The average molecular weight is 427 g/mol. The lowest BCUT2D eigenvalue weighted by molar-refractivity contribution is -0.134. The van der Waals surface area contributed by atoms with Gasteiger partial charge in [-0.15, -0.1) is 12.4 Å². The molecule has 1 aliphatic carbocycles. The van der Waals surface area contributed by atoms with Gasteiger partial charge in [-0.25, -0.2) is 4.79 Å². The van der Waals surface area contributed by atoms with E-state index in [0.717, 1.165) is 61.7 Å². The van der Waals surface area contributed by atoms with Crippen LogP contribution in [0.5, 0.6) is 5.75 Å². The number of nitrogens with one attached hydrogen (secondary N) is 1. The summed E-state index contributed by atoms with van der Waals surface area (Å²) in [6.07, 6.45) is 4.44. The summed E-state index contributed by atoms with van der Waals surface area (Å²) in [7, 11) is 1.81. The lowest BCUT2D eigenvalue weighted by Gasteiger charge is -2.31. The molecule has 0 radical (unpaired) electrons. The van der Waals surface area contributed by atoms with Crippen LogP contribution in [-0.4, -0.2) is 43.6 Å². The topological polar surface area (TPSA) is 71.8 Å². The van der Waals surface area contributed by atoms with Crippen molar-refractivity contribution in [3.8, 4) is 5.75 Å². The zero-order valence-electron chi connectivity index (χ0n) is 15.8. The van der Waals surface area contributed by atoms with E-state index in [-0.39, 0.29) is 36.6 Å². The molecule has 4 rings (SSSR count). The first-order valence-corrected chi connectivity index (χ1v) is 9.79. The minimum Gasteiger partial charge on any atom is -0.482 e. The largest absolute Gasteiger partial charge is 0.482 e. The molecule has 0 atom stereocenters. The van der Waals surface area contributed by atoms with Crippen LogP contribution in [0.2, 0.25) is 5.02 Å². The second-order valence-corrected chi connectivity index (χ2v) is 7.66. The van der Waals surface area contributed by atoms with E-state index in [0.29, 0.717) is 16.4 Å². The number of aryl methyl sites for hydroxylation is 1. The summed E-state index contributed by atoms with van der Waals surface area (Å²) in [5, 5.41) is 4.57.